The molecule has 0 bridgehead atoms. The molecule has 6 nitrogen and oxygen atoms in total. The standard InChI is InChI=1S/C11H14N4O2S/c1-3-17-11(16)10-9(12)5-15(14-10)4-8-6-18-7(2)13-8/h5-6H,3-4,12H2,1-2H3. The molecule has 0 fully saturated rings. The second kappa shape index (κ2) is 5.18. The van der Waals surface area contributed by atoms with E-state index in [2.05, 4.69) is 10.1 Å². The maximum absolute atomic E-state index is 11.5. The Morgan fingerprint density at radius 2 is 2.39 bits per heavy atom. The molecule has 0 saturated carbocycles. The van der Waals surface area contributed by atoms with Crippen LogP contribution in [0.25, 0.3) is 0 Å². The molecule has 0 amide bonds. The highest BCUT2D eigenvalue weighted by Crippen LogP contribution is 2.13. The highest BCUT2D eigenvalue weighted by molar-refractivity contribution is 7.09. The number of carbonyl (C=O) groups is 1. The third-order valence-corrected chi connectivity index (χ3v) is 3.07. The van der Waals surface area contributed by atoms with Gasteiger partial charge in [0.2, 0.25) is 0 Å². The minimum Gasteiger partial charge on any atom is -0.461 e. The van der Waals surface area contributed by atoms with E-state index < -0.39 is 5.97 Å². The Labute approximate surface area is 108 Å². The molecule has 0 radical (unpaired) electrons. The van der Waals surface area contributed by atoms with Crippen molar-refractivity contribution in [2.24, 2.45) is 0 Å². The van der Waals surface area contributed by atoms with Gasteiger partial charge in [0.25, 0.3) is 0 Å². The molecule has 96 valence electrons. The van der Waals surface area contributed by atoms with Crippen LogP contribution in [0.3, 0.4) is 0 Å². The van der Waals surface area contributed by atoms with Gasteiger partial charge in [-0.15, -0.1) is 11.3 Å². The molecule has 2 aromatic rings. The van der Waals surface area contributed by atoms with Crippen molar-refractivity contribution in [3.63, 3.8) is 0 Å². The summed E-state index contributed by atoms with van der Waals surface area (Å²) in [6, 6.07) is 0. The van der Waals surface area contributed by atoms with Gasteiger partial charge in [0.15, 0.2) is 5.69 Å². The molecule has 0 aliphatic rings. The first kappa shape index (κ1) is 12.6. The normalized spacial score (nSPS) is 10.6. The van der Waals surface area contributed by atoms with E-state index in [1.54, 1.807) is 29.1 Å². The van der Waals surface area contributed by atoms with Crippen LogP contribution in [0.1, 0.15) is 28.1 Å². The van der Waals surface area contributed by atoms with Crippen molar-refractivity contribution in [3.05, 3.63) is 28.0 Å². The average Bonchev–Trinajstić information content (AvgIpc) is 2.86. The Morgan fingerprint density at radius 1 is 1.61 bits per heavy atom. The molecule has 18 heavy (non-hydrogen) atoms. The number of nitrogen functional groups attached to an aromatic ring is 1. The molecule has 2 heterocycles. The van der Waals surface area contributed by atoms with Crippen molar-refractivity contribution in [1.29, 1.82) is 0 Å². The summed E-state index contributed by atoms with van der Waals surface area (Å²) < 4.78 is 6.46. The van der Waals surface area contributed by atoms with Crippen molar-refractivity contribution in [2.45, 2.75) is 20.4 Å². The number of anilines is 1. The lowest BCUT2D eigenvalue weighted by atomic mass is 10.4. The monoisotopic (exact) mass is 266 g/mol. The average molecular weight is 266 g/mol. The maximum Gasteiger partial charge on any atom is 0.361 e. The van der Waals surface area contributed by atoms with Gasteiger partial charge in [0.05, 0.1) is 29.5 Å². The molecular weight excluding hydrogens is 252 g/mol. The lowest BCUT2D eigenvalue weighted by Crippen LogP contribution is -2.09. The molecule has 7 heteroatoms. The van der Waals surface area contributed by atoms with Crippen LogP contribution in [-0.2, 0) is 11.3 Å². The summed E-state index contributed by atoms with van der Waals surface area (Å²) in [5.74, 6) is -0.497. The summed E-state index contributed by atoms with van der Waals surface area (Å²) in [4.78, 5) is 15.9. The number of rotatable bonds is 4. The second-order valence-corrected chi connectivity index (χ2v) is 4.77. The van der Waals surface area contributed by atoms with Gasteiger partial charge < -0.3 is 10.5 Å². The number of ether oxygens (including phenoxy) is 1. The SMILES string of the molecule is CCOC(=O)c1nn(Cc2csc(C)n2)cc1N. The Bertz CT molecular complexity index is 561. The summed E-state index contributed by atoms with van der Waals surface area (Å²) in [7, 11) is 0. The molecule has 0 aromatic carbocycles. The van der Waals surface area contributed by atoms with Crippen molar-refractivity contribution in [3.8, 4) is 0 Å². The number of thiazole rings is 1. The van der Waals surface area contributed by atoms with Crippen LogP contribution in [-0.4, -0.2) is 27.3 Å². The summed E-state index contributed by atoms with van der Waals surface area (Å²) >= 11 is 1.57. The van der Waals surface area contributed by atoms with Gasteiger partial charge in [0, 0.05) is 11.6 Å². The molecule has 0 unspecified atom stereocenters. The molecule has 0 spiro atoms. The largest absolute Gasteiger partial charge is 0.461 e. The van der Waals surface area contributed by atoms with Crippen LogP contribution in [0.15, 0.2) is 11.6 Å². The highest BCUT2D eigenvalue weighted by Gasteiger charge is 2.16. The van der Waals surface area contributed by atoms with E-state index in [1.807, 2.05) is 12.3 Å². The Hall–Kier alpha value is -1.89. The van der Waals surface area contributed by atoms with Crippen molar-refractivity contribution in [1.82, 2.24) is 14.8 Å². The summed E-state index contributed by atoms with van der Waals surface area (Å²) in [5.41, 5.74) is 7.10. The minimum atomic E-state index is -0.497. The van der Waals surface area contributed by atoms with Gasteiger partial charge in [-0.25, -0.2) is 9.78 Å². The van der Waals surface area contributed by atoms with Crippen LogP contribution in [0.2, 0.25) is 0 Å². The van der Waals surface area contributed by atoms with Crippen LogP contribution >= 0.6 is 11.3 Å². The molecule has 0 saturated heterocycles. The first-order valence-corrected chi connectivity index (χ1v) is 6.39. The van der Waals surface area contributed by atoms with Crippen LogP contribution in [0.5, 0.6) is 0 Å². The summed E-state index contributed by atoms with van der Waals surface area (Å²) in [5, 5.41) is 7.07. The molecule has 2 N–H and O–H groups in total. The Kier molecular flexibility index (Phi) is 3.61. The highest BCUT2D eigenvalue weighted by atomic mass is 32.1. The Balaban J connectivity index is 2.16. The van der Waals surface area contributed by atoms with E-state index in [4.69, 9.17) is 10.5 Å². The van der Waals surface area contributed by atoms with E-state index in [9.17, 15) is 4.79 Å². The number of esters is 1. The van der Waals surface area contributed by atoms with Gasteiger partial charge in [-0.1, -0.05) is 0 Å². The molecule has 0 aliphatic carbocycles. The van der Waals surface area contributed by atoms with Crippen LogP contribution < -0.4 is 5.73 Å². The van der Waals surface area contributed by atoms with E-state index >= 15 is 0 Å². The van der Waals surface area contributed by atoms with Gasteiger partial charge in [-0.2, -0.15) is 5.10 Å². The maximum atomic E-state index is 11.5. The summed E-state index contributed by atoms with van der Waals surface area (Å²) in [6.45, 7) is 4.48. The van der Waals surface area contributed by atoms with Gasteiger partial charge in [0.1, 0.15) is 0 Å². The fraction of sp³-hybridized carbons (Fsp3) is 0.364. The van der Waals surface area contributed by atoms with Gasteiger partial charge >= 0.3 is 5.97 Å². The van der Waals surface area contributed by atoms with Crippen molar-refractivity contribution in [2.75, 3.05) is 12.3 Å². The first-order chi connectivity index (χ1) is 8.60. The van der Waals surface area contributed by atoms with Crippen LogP contribution in [0, 0.1) is 6.92 Å². The molecular formula is C11H14N4O2S. The summed E-state index contributed by atoms with van der Waals surface area (Å²) in [6.07, 6.45) is 1.61. The van der Waals surface area contributed by atoms with Gasteiger partial charge in [-0.05, 0) is 13.8 Å². The number of nitrogens with two attached hydrogens (primary N) is 1. The number of nitrogens with zero attached hydrogens (tertiary/aromatic N) is 3. The quantitative estimate of drug-likeness (QED) is 0.847. The number of aromatic nitrogens is 3. The second-order valence-electron chi connectivity index (χ2n) is 3.71. The zero-order valence-electron chi connectivity index (χ0n) is 10.2. The van der Waals surface area contributed by atoms with Crippen molar-refractivity contribution < 1.29 is 9.53 Å². The molecule has 0 atom stereocenters. The van der Waals surface area contributed by atoms with Crippen LogP contribution in [0.4, 0.5) is 5.69 Å². The van der Waals surface area contributed by atoms with Gasteiger partial charge in [-0.3, -0.25) is 4.68 Å². The lowest BCUT2D eigenvalue weighted by molar-refractivity contribution is 0.0519. The van der Waals surface area contributed by atoms with E-state index in [-0.39, 0.29) is 5.69 Å². The molecule has 2 aromatic heterocycles. The lowest BCUT2D eigenvalue weighted by Gasteiger charge is -1.98. The van der Waals surface area contributed by atoms with E-state index in [0.29, 0.717) is 18.8 Å². The number of hydrogen-bond donors (Lipinski definition) is 1. The topological polar surface area (TPSA) is 83.0 Å². The third kappa shape index (κ3) is 2.67. The third-order valence-electron chi connectivity index (χ3n) is 2.25. The van der Waals surface area contributed by atoms with Crippen molar-refractivity contribution >= 4 is 23.0 Å². The van der Waals surface area contributed by atoms with E-state index in [1.165, 1.54) is 0 Å². The number of carbonyl (C=O) groups excluding carboxylic acids is 1. The fourth-order valence-electron chi connectivity index (χ4n) is 1.52. The molecule has 2 rings (SSSR count). The predicted octanol–water partition coefficient (Wildman–Crippen LogP) is 1.46. The Morgan fingerprint density at radius 3 is 3.00 bits per heavy atom. The first-order valence-electron chi connectivity index (χ1n) is 5.51. The minimum absolute atomic E-state index is 0.156. The van der Waals surface area contributed by atoms with E-state index in [0.717, 1.165) is 10.7 Å². The molecule has 0 aliphatic heterocycles. The number of aryl methyl sites for hydroxylation is 1. The zero-order valence-corrected chi connectivity index (χ0v) is 11.0. The predicted molar refractivity (Wildman–Crippen MR) is 68.5 cm³/mol. The number of hydrogen-bond acceptors (Lipinski definition) is 6. The zero-order chi connectivity index (χ0) is 13.1. The smallest absolute Gasteiger partial charge is 0.361 e. The fourth-order valence-corrected chi connectivity index (χ4v) is 2.13.